The van der Waals surface area contributed by atoms with Gasteiger partial charge in [0.05, 0.1) is 12.7 Å². The van der Waals surface area contributed by atoms with E-state index in [1.165, 1.54) is 22.3 Å². The minimum absolute atomic E-state index is 0.851. The smallest absolute Gasteiger partial charge is 0.0692 e. The highest BCUT2D eigenvalue weighted by Crippen LogP contribution is 2.14. The first-order chi connectivity index (χ1) is 8.66. The zero-order valence-electron chi connectivity index (χ0n) is 11.3. The summed E-state index contributed by atoms with van der Waals surface area (Å²) < 4.78 is 1.83. The van der Waals surface area contributed by atoms with Crippen molar-refractivity contribution in [3.05, 3.63) is 46.8 Å². The van der Waals surface area contributed by atoms with Gasteiger partial charge in [0.15, 0.2) is 0 Å². The van der Waals surface area contributed by atoms with Crippen LogP contribution >= 0.6 is 0 Å². The molecule has 0 bridgehead atoms. The Hall–Kier alpha value is -1.68. The van der Waals surface area contributed by atoms with Gasteiger partial charge in [0.25, 0.3) is 0 Å². The van der Waals surface area contributed by atoms with Crippen molar-refractivity contribution in [2.45, 2.75) is 33.9 Å². The molecule has 0 aliphatic carbocycles. The third-order valence-corrected chi connectivity index (χ3v) is 3.26. The highest BCUT2D eigenvalue weighted by atomic mass is 15.4. The molecule has 0 fully saturated rings. The minimum atomic E-state index is 0.851. The number of aromatic nitrogens is 3. The average Bonchev–Trinajstić information content (AvgIpc) is 2.84. The second-order valence-electron chi connectivity index (χ2n) is 4.71. The number of hydrogen-bond acceptors (Lipinski definition) is 3. The first-order valence-corrected chi connectivity index (χ1v) is 6.28. The first kappa shape index (κ1) is 12.8. The molecule has 96 valence electrons. The summed E-state index contributed by atoms with van der Waals surface area (Å²) in [5, 5.41) is 11.1. The Morgan fingerprint density at radius 3 is 2.61 bits per heavy atom. The minimum Gasteiger partial charge on any atom is -0.311 e. The molecule has 1 heterocycles. The molecule has 4 heteroatoms. The molecule has 1 N–H and O–H groups in total. The number of aryl methyl sites for hydroxylation is 3. The Bertz CT molecular complexity index is 503. The molecule has 0 radical (unpaired) electrons. The predicted molar refractivity (Wildman–Crippen MR) is 72.4 cm³/mol. The molecule has 4 nitrogen and oxygen atoms in total. The summed E-state index contributed by atoms with van der Waals surface area (Å²) in [5.74, 6) is 0. The molecule has 0 unspecified atom stereocenters. The molecule has 2 aromatic rings. The molecule has 0 atom stereocenters. The normalized spacial score (nSPS) is 10.8. The maximum atomic E-state index is 3.93. The van der Waals surface area contributed by atoms with Crippen LogP contribution in [0.25, 0.3) is 0 Å². The largest absolute Gasteiger partial charge is 0.311 e. The van der Waals surface area contributed by atoms with Crippen molar-refractivity contribution in [2.75, 3.05) is 6.54 Å². The average molecular weight is 244 g/mol. The van der Waals surface area contributed by atoms with E-state index in [0.29, 0.717) is 0 Å². The number of hydrogen-bond donors (Lipinski definition) is 1. The summed E-state index contributed by atoms with van der Waals surface area (Å²) in [4.78, 5) is 0. The number of nitrogens with one attached hydrogen (secondary N) is 1. The van der Waals surface area contributed by atoms with Gasteiger partial charge in [0, 0.05) is 19.3 Å². The maximum Gasteiger partial charge on any atom is 0.0692 e. The zero-order chi connectivity index (χ0) is 13.0. The number of benzene rings is 1. The third-order valence-electron chi connectivity index (χ3n) is 3.26. The predicted octanol–water partition coefficient (Wildman–Crippen LogP) is 1.99. The summed E-state index contributed by atoms with van der Waals surface area (Å²) in [7, 11) is 0. The lowest BCUT2D eigenvalue weighted by atomic mass is 10.0. The highest BCUT2D eigenvalue weighted by Gasteiger charge is 2.01. The van der Waals surface area contributed by atoms with Crippen LogP contribution in [-0.4, -0.2) is 21.5 Å². The topological polar surface area (TPSA) is 42.7 Å². The van der Waals surface area contributed by atoms with Crippen molar-refractivity contribution < 1.29 is 0 Å². The summed E-state index contributed by atoms with van der Waals surface area (Å²) in [5.41, 5.74) is 5.44. The van der Waals surface area contributed by atoms with Crippen LogP contribution in [0.1, 0.15) is 22.3 Å². The lowest BCUT2D eigenvalue weighted by Gasteiger charge is -2.11. The van der Waals surface area contributed by atoms with E-state index in [4.69, 9.17) is 0 Å². The van der Waals surface area contributed by atoms with Gasteiger partial charge in [-0.25, -0.2) is 0 Å². The fraction of sp³-hybridized carbons (Fsp3) is 0.429. The van der Waals surface area contributed by atoms with Gasteiger partial charge in [-0.15, -0.1) is 5.10 Å². The third kappa shape index (κ3) is 3.17. The number of nitrogens with zero attached hydrogens (tertiary/aromatic N) is 3. The van der Waals surface area contributed by atoms with Gasteiger partial charge in [-0.3, -0.25) is 4.68 Å². The lowest BCUT2D eigenvalue weighted by molar-refractivity contribution is 0.539. The van der Waals surface area contributed by atoms with Gasteiger partial charge in [0.1, 0.15) is 0 Å². The second-order valence-corrected chi connectivity index (χ2v) is 4.71. The van der Waals surface area contributed by atoms with Gasteiger partial charge >= 0.3 is 0 Å². The van der Waals surface area contributed by atoms with Gasteiger partial charge in [-0.2, -0.15) is 0 Å². The molecule has 18 heavy (non-hydrogen) atoms. The molecule has 0 amide bonds. The molecule has 0 saturated carbocycles. The first-order valence-electron chi connectivity index (χ1n) is 6.28. The Kier molecular flexibility index (Phi) is 4.10. The van der Waals surface area contributed by atoms with Crippen molar-refractivity contribution in [3.8, 4) is 0 Å². The van der Waals surface area contributed by atoms with E-state index in [-0.39, 0.29) is 0 Å². The fourth-order valence-corrected chi connectivity index (χ4v) is 1.98. The molecule has 0 spiro atoms. The monoisotopic (exact) mass is 244 g/mol. The van der Waals surface area contributed by atoms with Crippen LogP contribution in [0.2, 0.25) is 0 Å². The molecule has 1 aromatic carbocycles. The van der Waals surface area contributed by atoms with Crippen LogP contribution < -0.4 is 5.32 Å². The van der Waals surface area contributed by atoms with Gasteiger partial charge < -0.3 is 5.32 Å². The molecular weight excluding hydrogens is 224 g/mol. The van der Waals surface area contributed by atoms with Crippen LogP contribution in [-0.2, 0) is 13.1 Å². The fourth-order valence-electron chi connectivity index (χ4n) is 1.98. The lowest BCUT2D eigenvalue weighted by Crippen LogP contribution is -2.20. The zero-order valence-corrected chi connectivity index (χ0v) is 11.3. The van der Waals surface area contributed by atoms with Crippen LogP contribution in [0.4, 0.5) is 0 Å². The van der Waals surface area contributed by atoms with E-state index in [1.807, 2.05) is 10.9 Å². The van der Waals surface area contributed by atoms with Crippen LogP contribution in [0, 0.1) is 20.8 Å². The Morgan fingerprint density at radius 2 is 1.89 bits per heavy atom. The molecule has 0 aliphatic heterocycles. The van der Waals surface area contributed by atoms with Crippen molar-refractivity contribution in [3.63, 3.8) is 0 Å². The van der Waals surface area contributed by atoms with Crippen molar-refractivity contribution in [2.24, 2.45) is 0 Å². The summed E-state index contributed by atoms with van der Waals surface area (Å²) in [6.07, 6.45) is 3.58. The standard InChI is InChI=1S/C14H20N4/c1-11-8-13(3)14(9-12(11)2)10-15-4-6-18-7-5-16-17-18/h5,7-9,15H,4,6,10H2,1-3H3. The van der Waals surface area contributed by atoms with Crippen molar-refractivity contribution in [1.82, 2.24) is 20.3 Å². The van der Waals surface area contributed by atoms with Gasteiger partial charge in [-0.1, -0.05) is 17.3 Å². The van der Waals surface area contributed by atoms with E-state index in [2.05, 4.69) is 48.5 Å². The van der Waals surface area contributed by atoms with Gasteiger partial charge in [-0.05, 0) is 43.0 Å². The summed E-state index contributed by atoms with van der Waals surface area (Å²) >= 11 is 0. The molecular formula is C14H20N4. The van der Waals surface area contributed by atoms with Crippen LogP contribution in [0.15, 0.2) is 24.5 Å². The van der Waals surface area contributed by atoms with Crippen molar-refractivity contribution in [1.29, 1.82) is 0 Å². The quantitative estimate of drug-likeness (QED) is 0.818. The maximum absolute atomic E-state index is 3.93. The molecule has 0 saturated heterocycles. The van der Waals surface area contributed by atoms with E-state index >= 15 is 0 Å². The second kappa shape index (κ2) is 5.78. The van der Waals surface area contributed by atoms with Crippen molar-refractivity contribution >= 4 is 0 Å². The van der Waals surface area contributed by atoms with Gasteiger partial charge in [0.2, 0.25) is 0 Å². The van der Waals surface area contributed by atoms with Crippen LogP contribution in [0.5, 0.6) is 0 Å². The van der Waals surface area contributed by atoms with Crippen LogP contribution in [0.3, 0.4) is 0 Å². The number of rotatable bonds is 5. The van der Waals surface area contributed by atoms with E-state index in [9.17, 15) is 0 Å². The summed E-state index contributed by atoms with van der Waals surface area (Å²) in [6, 6.07) is 4.52. The Balaban J connectivity index is 1.85. The van der Waals surface area contributed by atoms with E-state index < -0.39 is 0 Å². The Labute approximate surface area is 108 Å². The SMILES string of the molecule is Cc1cc(C)c(CNCCn2ccnn2)cc1C. The highest BCUT2D eigenvalue weighted by molar-refractivity contribution is 5.36. The molecule has 2 rings (SSSR count). The Morgan fingerprint density at radius 1 is 1.11 bits per heavy atom. The molecule has 1 aromatic heterocycles. The van der Waals surface area contributed by atoms with E-state index in [1.54, 1.807) is 6.20 Å². The molecule has 0 aliphatic rings. The van der Waals surface area contributed by atoms with E-state index in [0.717, 1.165) is 19.6 Å². The summed E-state index contributed by atoms with van der Waals surface area (Å²) in [6.45, 7) is 9.14.